The van der Waals surface area contributed by atoms with Crippen LogP contribution in [0.4, 0.5) is 10.5 Å². The Labute approximate surface area is 149 Å². The first-order valence-corrected chi connectivity index (χ1v) is 8.96. The third kappa shape index (κ3) is 4.40. The number of nitrogens with zero attached hydrogens (tertiary/aromatic N) is 1. The number of hydrogen-bond acceptors (Lipinski definition) is 3. The monoisotopic (exact) mass is 338 g/mol. The van der Waals surface area contributed by atoms with Crippen LogP contribution in [-0.2, 0) is 4.74 Å². The molecular weight excluding hydrogens is 312 g/mol. The molecule has 1 heterocycles. The number of benzene rings is 2. The van der Waals surface area contributed by atoms with Crippen molar-refractivity contribution in [2.75, 3.05) is 25.0 Å². The molecule has 0 saturated carbocycles. The second-order valence-corrected chi connectivity index (χ2v) is 6.81. The number of carbonyl (C=O) groups is 1. The molecule has 1 saturated heterocycles. The summed E-state index contributed by atoms with van der Waals surface area (Å²) in [6, 6.07) is 17.8. The second kappa shape index (κ2) is 7.70. The van der Waals surface area contributed by atoms with E-state index >= 15 is 0 Å². The summed E-state index contributed by atoms with van der Waals surface area (Å²) in [5, 5.41) is 2.93. The Morgan fingerprint density at radius 1 is 1.08 bits per heavy atom. The average Bonchev–Trinajstić information content (AvgIpc) is 2.63. The first kappa shape index (κ1) is 17.5. The fraction of sp³-hybridized carbons (Fsp3) is 0.381. The van der Waals surface area contributed by atoms with Gasteiger partial charge in [-0.1, -0.05) is 55.5 Å². The van der Waals surface area contributed by atoms with Crippen molar-refractivity contribution >= 4 is 11.8 Å². The van der Waals surface area contributed by atoms with Crippen LogP contribution in [0.5, 0.6) is 0 Å². The van der Waals surface area contributed by atoms with Crippen LogP contribution in [0.25, 0.3) is 11.1 Å². The van der Waals surface area contributed by atoms with E-state index in [1.54, 1.807) is 0 Å². The van der Waals surface area contributed by atoms with Gasteiger partial charge in [0.05, 0.1) is 5.69 Å². The number of nitrogens with one attached hydrogen (secondary N) is 1. The summed E-state index contributed by atoms with van der Waals surface area (Å²) in [6.07, 6.45) is 1.36. The number of hydrogen-bond donors (Lipinski definition) is 1. The molecule has 2 aromatic rings. The predicted molar refractivity (Wildman–Crippen MR) is 102 cm³/mol. The molecule has 4 nitrogen and oxygen atoms in total. The molecule has 0 aliphatic carbocycles. The number of ether oxygens (including phenoxy) is 1. The minimum atomic E-state index is -0.391. The minimum Gasteiger partial charge on any atom is -0.443 e. The Hall–Kier alpha value is -2.33. The first-order chi connectivity index (χ1) is 12.1. The molecule has 1 amide bonds. The Balaban J connectivity index is 1.68. The summed E-state index contributed by atoms with van der Waals surface area (Å²) in [7, 11) is 0. The quantitative estimate of drug-likeness (QED) is 0.872. The molecule has 0 unspecified atom stereocenters. The van der Waals surface area contributed by atoms with E-state index in [-0.39, 0.29) is 6.09 Å². The average molecular weight is 338 g/mol. The van der Waals surface area contributed by atoms with Crippen molar-refractivity contribution in [3.8, 4) is 11.1 Å². The van der Waals surface area contributed by atoms with Crippen molar-refractivity contribution in [2.24, 2.45) is 0 Å². The SMILES string of the molecule is CCN1CCC(C)(OC(=O)Nc2ccccc2-c2ccccc2)CC1. The molecule has 0 radical (unpaired) electrons. The molecule has 4 heteroatoms. The third-order valence-electron chi connectivity index (χ3n) is 4.95. The van der Waals surface area contributed by atoms with Crippen LogP contribution in [0.1, 0.15) is 26.7 Å². The lowest BCUT2D eigenvalue weighted by molar-refractivity contribution is -0.0150. The van der Waals surface area contributed by atoms with Crippen LogP contribution in [0, 0.1) is 0 Å². The number of carbonyl (C=O) groups excluding carboxylic acids is 1. The molecule has 2 aromatic carbocycles. The number of piperidine rings is 1. The van der Waals surface area contributed by atoms with Crippen LogP contribution in [0.3, 0.4) is 0 Å². The highest BCUT2D eigenvalue weighted by atomic mass is 16.6. The molecule has 132 valence electrons. The van der Waals surface area contributed by atoms with Crippen LogP contribution >= 0.6 is 0 Å². The standard InChI is InChI=1S/C21H26N2O2/c1-3-23-15-13-21(2,14-16-23)25-20(24)22-19-12-8-7-11-18(19)17-9-5-4-6-10-17/h4-12H,3,13-16H2,1-2H3,(H,22,24). The van der Waals surface area contributed by atoms with Gasteiger partial charge in [0.15, 0.2) is 0 Å². The smallest absolute Gasteiger partial charge is 0.412 e. The van der Waals surface area contributed by atoms with E-state index in [0.717, 1.165) is 49.3 Å². The van der Waals surface area contributed by atoms with Crippen LogP contribution in [0.15, 0.2) is 54.6 Å². The topological polar surface area (TPSA) is 41.6 Å². The molecule has 1 aliphatic rings. The van der Waals surface area contributed by atoms with Crippen LogP contribution < -0.4 is 5.32 Å². The fourth-order valence-corrected chi connectivity index (χ4v) is 3.27. The zero-order valence-corrected chi connectivity index (χ0v) is 15.0. The normalized spacial score (nSPS) is 17.0. The molecule has 1 aliphatic heterocycles. The fourth-order valence-electron chi connectivity index (χ4n) is 3.27. The van der Waals surface area contributed by atoms with E-state index in [1.807, 2.05) is 61.5 Å². The number of anilines is 1. The van der Waals surface area contributed by atoms with Gasteiger partial charge in [-0.25, -0.2) is 4.79 Å². The highest BCUT2D eigenvalue weighted by molar-refractivity contribution is 5.91. The summed E-state index contributed by atoms with van der Waals surface area (Å²) in [5.41, 5.74) is 2.44. The minimum absolute atomic E-state index is 0.379. The van der Waals surface area contributed by atoms with E-state index in [0.29, 0.717) is 0 Å². The molecule has 0 aromatic heterocycles. The number of likely N-dealkylation sites (tertiary alicyclic amines) is 1. The Bertz CT molecular complexity index is 707. The van der Waals surface area contributed by atoms with Crippen molar-refractivity contribution in [1.82, 2.24) is 4.90 Å². The maximum Gasteiger partial charge on any atom is 0.412 e. The lowest BCUT2D eigenvalue weighted by Crippen LogP contribution is -2.45. The summed E-state index contributed by atoms with van der Waals surface area (Å²) in [4.78, 5) is 14.9. The zero-order chi connectivity index (χ0) is 17.7. The van der Waals surface area contributed by atoms with Gasteiger partial charge in [-0.3, -0.25) is 5.32 Å². The third-order valence-corrected chi connectivity index (χ3v) is 4.95. The second-order valence-electron chi connectivity index (χ2n) is 6.81. The molecule has 0 spiro atoms. The summed E-state index contributed by atoms with van der Waals surface area (Å²) in [6.45, 7) is 7.19. The first-order valence-electron chi connectivity index (χ1n) is 8.96. The molecule has 0 bridgehead atoms. The molecule has 0 atom stereocenters. The van der Waals surface area contributed by atoms with E-state index in [1.165, 1.54) is 0 Å². The van der Waals surface area contributed by atoms with Gasteiger partial charge in [0.25, 0.3) is 0 Å². The van der Waals surface area contributed by atoms with E-state index < -0.39 is 5.60 Å². The number of para-hydroxylation sites is 1. The molecule has 1 N–H and O–H groups in total. The van der Waals surface area contributed by atoms with Crippen molar-refractivity contribution in [1.29, 1.82) is 0 Å². The lowest BCUT2D eigenvalue weighted by atomic mass is 9.93. The number of rotatable bonds is 4. The maximum atomic E-state index is 12.5. The van der Waals surface area contributed by atoms with E-state index in [4.69, 9.17) is 4.74 Å². The molecule has 25 heavy (non-hydrogen) atoms. The molecule has 3 rings (SSSR count). The van der Waals surface area contributed by atoms with Gasteiger partial charge in [-0.15, -0.1) is 0 Å². The molecular formula is C21H26N2O2. The van der Waals surface area contributed by atoms with Crippen molar-refractivity contribution in [3.63, 3.8) is 0 Å². The van der Waals surface area contributed by atoms with Gasteiger partial charge in [0.1, 0.15) is 5.60 Å². The maximum absolute atomic E-state index is 12.5. The lowest BCUT2D eigenvalue weighted by Gasteiger charge is -2.38. The highest BCUT2D eigenvalue weighted by Crippen LogP contribution is 2.29. The van der Waals surface area contributed by atoms with Gasteiger partial charge in [-0.2, -0.15) is 0 Å². The van der Waals surface area contributed by atoms with Gasteiger partial charge < -0.3 is 9.64 Å². The zero-order valence-electron chi connectivity index (χ0n) is 15.0. The van der Waals surface area contributed by atoms with Crippen molar-refractivity contribution in [2.45, 2.75) is 32.3 Å². The van der Waals surface area contributed by atoms with Gasteiger partial charge in [-0.05, 0) is 37.9 Å². The Morgan fingerprint density at radius 2 is 1.72 bits per heavy atom. The number of amides is 1. The highest BCUT2D eigenvalue weighted by Gasteiger charge is 2.33. The van der Waals surface area contributed by atoms with Gasteiger partial charge in [0.2, 0.25) is 0 Å². The van der Waals surface area contributed by atoms with Crippen molar-refractivity contribution in [3.05, 3.63) is 54.6 Å². The van der Waals surface area contributed by atoms with Gasteiger partial charge in [0, 0.05) is 18.7 Å². The van der Waals surface area contributed by atoms with E-state index in [2.05, 4.69) is 17.1 Å². The Morgan fingerprint density at radius 3 is 2.40 bits per heavy atom. The van der Waals surface area contributed by atoms with Crippen molar-refractivity contribution < 1.29 is 9.53 Å². The molecule has 1 fully saturated rings. The predicted octanol–water partition coefficient (Wildman–Crippen LogP) is 4.78. The van der Waals surface area contributed by atoms with E-state index in [9.17, 15) is 4.79 Å². The summed E-state index contributed by atoms with van der Waals surface area (Å²) >= 11 is 0. The summed E-state index contributed by atoms with van der Waals surface area (Å²) < 4.78 is 5.79. The largest absolute Gasteiger partial charge is 0.443 e. The van der Waals surface area contributed by atoms with Gasteiger partial charge >= 0.3 is 6.09 Å². The summed E-state index contributed by atoms with van der Waals surface area (Å²) in [5.74, 6) is 0. The van der Waals surface area contributed by atoms with Crippen LogP contribution in [0.2, 0.25) is 0 Å². The Kier molecular flexibility index (Phi) is 5.39. The van der Waals surface area contributed by atoms with Crippen LogP contribution in [-0.4, -0.2) is 36.2 Å².